The van der Waals surface area contributed by atoms with Crippen LogP contribution in [0, 0.1) is 5.92 Å². The predicted molar refractivity (Wildman–Crippen MR) is 91.5 cm³/mol. The summed E-state index contributed by atoms with van der Waals surface area (Å²) in [6.45, 7) is 2.11. The number of benzene rings is 2. The monoisotopic (exact) mass is 339 g/mol. The minimum atomic E-state index is -0.662. The van der Waals surface area contributed by atoms with Gasteiger partial charge in [0.1, 0.15) is 0 Å². The van der Waals surface area contributed by atoms with Crippen LogP contribution < -0.4 is 0 Å². The van der Waals surface area contributed by atoms with E-state index in [0.717, 1.165) is 12.0 Å². The molecule has 122 valence electrons. The van der Waals surface area contributed by atoms with Crippen LogP contribution in [0.3, 0.4) is 0 Å². The van der Waals surface area contributed by atoms with Crippen LogP contribution in [0.25, 0.3) is 0 Å². The van der Waals surface area contributed by atoms with Crippen molar-refractivity contribution in [2.45, 2.75) is 37.6 Å². The molecule has 0 bridgehead atoms. The van der Waals surface area contributed by atoms with Crippen LogP contribution in [-0.4, -0.2) is 16.9 Å². The van der Waals surface area contributed by atoms with E-state index in [9.17, 15) is 4.79 Å². The van der Waals surface area contributed by atoms with Gasteiger partial charge in [0.2, 0.25) is 5.91 Å². The van der Waals surface area contributed by atoms with Crippen LogP contribution in [-0.2, 0) is 21.7 Å². The van der Waals surface area contributed by atoms with E-state index in [-0.39, 0.29) is 24.0 Å². The number of rotatable bonds is 1. The molecule has 0 aromatic heterocycles. The molecule has 2 saturated heterocycles. The van der Waals surface area contributed by atoms with Gasteiger partial charge in [-0.2, -0.15) is 0 Å². The summed E-state index contributed by atoms with van der Waals surface area (Å²) in [5, 5.41) is 0.696. The van der Waals surface area contributed by atoms with Gasteiger partial charge in [0.05, 0.1) is 12.1 Å². The molecule has 0 saturated carbocycles. The third-order valence-corrected chi connectivity index (χ3v) is 6.04. The number of hydrogen-bond acceptors (Lipinski definition) is 2. The lowest BCUT2D eigenvalue weighted by Crippen LogP contribution is -2.43. The van der Waals surface area contributed by atoms with Crippen molar-refractivity contribution in [3.8, 4) is 0 Å². The molecule has 3 nitrogen and oxygen atoms in total. The molecule has 2 aromatic rings. The normalized spacial score (nSPS) is 33.5. The predicted octanol–water partition coefficient (Wildman–Crippen LogP) is 4.06. The molecule has 5 rings (SSSR count). The first kappa shape index (κ1) is 14.5. The Labute approximate surface area is 146 Å². The maximum atomic E-state index is 12.9. The van der Waals surface area contributed by atoms with Crippen molar-refractivity contribution in [3.05, 3.63) is 70.2 Å². The minimum absolute atomic E-state index is 0.0225. The Bertz CT molecular complexity index is 834. The van der Waals surface area contributed by atoms with Gasteiger partial charge in [-0.1, -0.05) is 54.9 Å². The number of nitrogens with zero attached hydrogens (tertiary/aromatic N) is 1. The molecule has 1 aliphatic carbocycles. The second kappa shape index (κ2) is 4.84. The minimum Gasteiger partial charge on any atom is -0.345 e. The molecular weight excluding hydrogens is 322 g/mol. The second-order valence-electron chi connectivity index (χ2n) is 7.08. The summed E-state index contributed by atoms with van der Waals surface area (Å²) in [7, 11) is 0. The van der Waals surface area contributed by atoms with Crippen molar-refractivity contribution in [3.63, 3.8) is 0 Å². The molecule has 4 atom stereocenters. The van der Waals surface area contributed by atoms with Crippen molar-refractivity contribution in [1.29, 1.82) is 0 Å². The summed E-state index contributed by atoms with van der Waals surface area (Å²) in [5.74, 6) is 0.297. The highest BCUT2D eigenvalue weighted by atomic mass is 35.5. The number of hydrogen-bond donors (Lipinski definition) is 0. The van der Waals surface area contributed by atoms with Crippen LogP contribution in [0.2, 0.25) is 5.02 Å². The summed E-state index contributed by atoms with van der Waals surface area (Å²) < 4.78 is 6.65. The quantitative estimate of drug-likeness (QED) is 0.784. The second-order valence-corrected chi connectivity index (χ2v) is 7.51. The molecule has 3 aliphatic rings. The molecule has 2 heterocycles. The van der Waals surface area contributed by atoms with Gasteiger partial charge in [0.15, 0.2) is 5.72 Å². The van der Waals surface area contributed by atoms with Crippen LogP contribution in [0.15, 0.2) is 48.5 Å². The maximum Gasteiger partial charge on any atom is 0.226 e. The van der Waals surface area contributed by atoms with Gasteiger partial charge in [0.25, 0.3) is 0 Å². The van der Waals surface area contributed by atoms with E-state index in [1.807, 2.05) is 35.2 Å². The third-order valence-electron chi connectivity index (χ3n) is 5.79. The van der Waals surface area contributed by atoms with Crippen molar-refractivity contribution in [2.75, 3.05) is 0 Å². The Morgan fingerprint density at radius 1 is 1.12 bits per heavy atom. The first-order valence-electron chi connectivity index (χ1n) is 8.45. The summed E-state index contributed by atoms with van der Waals surface area (Å²) in [6, 6.07) is 16.2. The van der Waals surface area contributed by atoms with E-state index >= 15 is 0 Å². The fourth-order valence-corrected chi connectivity index (χ4v) is 4.94. The summed E-state index contributed by atoms with van der Waals surface area (Å²) >= 11 is 6.07. The van der Waals surface area contributed by atoms with Gasteiger partial charge in [-0.15, -0.1) is 0 Å². The van der Waals surface area contributed by atoms with Crippen LogP contribution >= 0.6 is 11.6 Å². The number of amides is 1. The number of ether oxygens (including phenoxy) is 1. The number of carbonyl (C=O) groups is 1. The van der Waals surface area contributed by atoms with Gasteiger partial charge in [-0.25, -0.2) is 0 Å². The topological polar surface area (TPSA) is 29.5 Å². The number of fused-ring (bicyclic) bond motifs is 5. The van der Waals surface area contributed by atoms with Crippen molar-refractivity contribution >= 4 is 17.5 Å². The Kier molecular flexibility index (Phi) is 2.92. The lowest BCUT2D eigenvalue weighted by Gasteiger charge is -2.37. The lowest BCUT2D eigenvalue weighted by molar-refractivity contribution is -0.147. The highest BCUT2D eigenvalue weighted by Crippen LogP contribution is 2.59. The van der Waals surface area contributed by atoms with Gasteiger partial charge in [-0.3, -0.25) is 4.79 Å². The zero-order valence-corrected chi connectivity index (χ0v) is 14.2. The van der Waals surface area contributed by atoms with Gasteiger partial charge in [0, 0.05) is 29.3 Å². The fraction of sp³-hybridized carbons (Fsp3) is 0.350. The molecule has 2 fully saturated rings. The van der Waals surface area contributed by atoms with E-state index < -0.39 is 5.72 Å². The average Bonchev–Trinajstić information content (AvgIpc) is 3.15. The van der Waals surface area contributed by atoms with E-state index in [2.05, 4.69) is 25.1 Å². The Morgan fingerprint density at radius 2 is 1.88 bits per heavy atom. The third kappa shape index (κ3) is 1.69. The molecule has 0 unspecified atom stereocenters. The smallest absolute Gasteiger partial charge is 0.226 e. The van der Waals surface area contributed by atoms with Crippen LogP contribution in [0.1, 0.15) is 36.1 Å². The van der Waals surface area contributed by atoms with Crippen molar-refractivity contribution in [2.24, 2.45) is 5.92 Å². The van der Waals surface area contributed by atoms with Crippen molar-refractivity contribution < 1.29 is 9.53 Å². The van der Waals surface area contributed by atoms with Gasteiger partial charge < -0.3 is 9.64 Å². The highest BCUT2D eigenvalue weighted by Gasteiger charge is 2.64. The maximum absolute atomic E-state index is 12.9. The Morgan fingerprint density at radius 3 is 2.67 bits per heavy atom. The molecule has 0 N–H and O–H groups in total. The summed E-state index contributed by atoms with van der Waals surface area (Å²) in [5.41, 5.74) is 2.90. The number of carbonyl (C=O) groups excluding carboxylic acids is 1. The molecule has 0 spiro atoms. The van der Waals surface area contributed by atoms with Crippen LogP contribution in [0.5, 0.6) is 0 Å². The van der Waals surface area contributed by atoms with E-state index in [0.29, 0.717) is 11.4 Å². The highest BCUT2D eigenvalue weighted by molar-refractivity contribution is 6.30. The number of halogens is 1. The first-order valence-corrected chi connectivity index (χ1v) is 8.83. The van der Waals surface area contributed by atoms with Crippen LogP contribution in [0.4, 0.5) is 0 Å². The molecule has 2 aromatic carbocycles. The fourth-order valence-electron chi connectivity index (χ4n) is 4.82. The molecule has 2 aliphatic heterocycles. The van der Waals surface area contributed by atoms with E-state index in [1.165, 1.54) is 11.1 Å². The largest absolute Gasteiger partial charge is 0.345 e. The zero-order valence-electron chi connectivity index (χ0n) is 13.4. The standard InChI is InChI=1S/C20H18ClNO2/c1-12-10-18(23)22-19-16-5-3-2-4-13(16)11-17(19)24-20(12,22)14-6-8-15(21)9-7-14/h2-9,12,17,19H,10-11H2,1H3/t12-,17-,19-,20+/m0/s1. The van der Waals surface area contributed by atoms with Gasteiger partial charge >= 0.3 is 0 Å². The Hall–Kier alpha value is -1.84. The SMILES string of the molecule is C[C@H]1CC(=O)N2[C@H]3c4ccccc4C[C@@H]3O[C@@]12c1ccc(Cl)cc1. The summed E-state index contributed by atoms with van der Waals surface area (Å²) in [4.78, 5) is 14.9. The first-order chi connectivity index (χ1) is 11.6. The van der Waals surface area contributed by atoms with E-state index in [4.69, 9.17) is 16.3 Å². The molecular formula is C20H18ClNO2. The lowest BCUT2D eigenvalue weighted by atomic mass is 9.90. The zero-order chi connectivity index (χ0) is 16.5. The Balaban J connectivity index is 1.68. The average molecular weight is 340 g/mol. The van der Waals surface area contributed by atoms with Crippen molar-refractivity contribution in [1.82, 2.24) is 4.90 Å². The summed E-state index contributed by atoms with van der Waals surface area (Å²) in [6.07, 6.45) is 1.42. The molecule has 0 radical (unpaired) electrons. The molecule has 24 heavy (non-hydrogen) atoms. The molecule has 1 amide bonds. The van der Waals surface area contributed by atoms with E-state index in [1.54, 1.807) is 0 Å². The molecule has 4 heteroatoms. The van der Waals surface area contributed by atoms with Gasteiger partial charge in [-0.05, 0) is 23.3 Å².